The number of urea groups is 1. The molecule has 0 aromatic heterocycles. The van der Waals surface area contributed by atoms with Crippen LogP contribution in [0.5, 0.6) is 0 Å². The molecule has 1 fully saturated rings. The summed E-state index contributed by atoms with van der Waals surface area (Å²) < 4.78 is 0. The van der Waals surface area contributed by atoms with Crippen molar-refractivity contribution in [3.63, 3.8) is 0 Å². The van der Waals surface area contributed by atoms with Crippen molar-refractivity contribution < 1.29 is 19.5 Å². The molecule has 1 heterocycles. The van der Waals surface area contributed by atoms with E-state index in [1.54, 1.807) is 4.90 Å². The molecule has 1 rings (SSSR count). The molecule has 1 aliphatic rings. The largest absolute Gasteiger partial charge is 0.480 e. The van der Waals surface area contributed by atoms with E-state index in [2.05, 4.69) is 17.1 Å². The van der Waals surface area contributed by atoms with Gasteiger partial charge in [-0.15, -0.1) is 0 Å². The van der Waals surface area contributed by atoms with Crippen LogP contribution in [0.3, 0.4) is 0 Å². The van der Waals surface area contributed by atoms with E-state index in [1.807, 2.05) is 0 Å². The number of carbonyl (C=O) groups excluding carboxylic acids is 2. The van der Waals surface area contributed by atoms with Gasteiger partial charge in [0.25, 0.3) is 0 Å². The average molecular weight is 286 g/mol. The maximum Gasteiger partial charge on any atom is 0.326 e. The van der Waals surface area contributed by atoms with Crippen LogP contribution in [-0.2, 0) is 9.59 Å². The van der Waals surface area contributed by atoms with E-state index in [0.29, 0.717) is 13.1 Å². The Balaban J connectivity index is 2.45. The molecule has 1 atom stereocenters. The highest BCUT2D eigenvalue weighted by atomic mass is 16.4. The van der Waals surface area contributed by atoms with Crippen molar-refractivity contribution in [2.45, 2.75) is 25.8 Å². The highest BCUT2D eigenvalue weighted by Gasteiger charge is 2.26. The van der Waals surface area contributed by atoms with E-state index in [9.17, 15) is 14.4 Å². The van der Waals surface area contributed by atoms with Crippen molar-refractivity contribution in [3.8, 4) is 0 Å². The normalized spacial score (nSPS) is 17.6. The van der Waals surface area contributed by atoms with E-state index in [0.717, 1.165) is 26.1 Å². The van der Waals surface area contributed by atoms with Gasteiger partial charge in [0, 0.05) is 26.2 Å². The van der Waals surface area contributed by atoms with E-state index in [4.69, 9.17) is 10.8 Å². The zero-order valence-electron chi connectivity index (χ0n) is 11.7. The molecule has 4 N–H and O–H groups in total. The van der Waals surface area contributed by atoms with Crippen LogP contribution in [-0.4, -0.2) is 71.6 Å². The fourth-order valence-corrected chi connectivity index (χ4v) is 2.13. The van der Waals surface area contributed by atoms with Gasteiger partial charge in [0.1, 0.15) is 6.04 Å². The third-order valence-electron chi connectivity index (χ3n) is 3.20. The Kier molecular flexibility index (Phi) is 6.23. The molecule has 0 spiro atoms. The third kappa shape index (κ3) is 5.04. The van der Waals surface area contributed by atoms with Gasteiger partial charge in [-0.2, -0.15) is 0 Å². The summed E-state index contributed by atoms with van der Waals surface area (Å²) in [6, 6.07) is -1.73. The molecule has 1 aliphatic heterocycles. The molecule has 3 amide bonds. The number of piperazine rings is 1. The van der Waals surface area contributed by atoms with Crippen molar-refractivity contribution in [1.29, 1.82) is 0 Å². The monoisotopic (exact) mass is 286 g/mol. The Morgan fingerprint density at radius 1 is 1.25 bits per heavy atom. The van der Waals surface area contributed by atoms with E-state index < -0.39 is 30.4 Å². The highest BCUT2D eigenvalue weighted by Crippen LogP contribution is 2.04. The Morgan fingerprint density at radius 2 is 1.85 bits per heavy atom. The second-order valence-electron chi connectivity index (χ2n) is 4.84. The molecule has 0 bridgehead atoms. The summed E-state index contributed by atoms with van der Waals surface area (Å²) in [6.07, 6.45) is 0.656. The molecule has 1 unspecified atom stereocenters. The molecule has 0 aliphatic carbocycles. The molecule has 0 aromatic rings. The number of hydrogen-bond acceptors (Lipinski definition) is 4. The summed E-state index contributed by atoms with van der Waals surface area (Å²) in [7, 11) is 0. The number of carbonyl (C=O) groups is 3. The minimum absolute atomic E-state index is 0.406. The number of nitrogens with zero attached hydrogens (tertiary/aromatic N) is 2. The number of nitrogens with two attached hydrogens (primary N) is 1. The van der Waals surface area contributed by atoms with Crippen LogP contribution in [0.1, 0.15) is 19.8 Å². The zero-order chi connectivity index (χ0) is 15.1. The fraction of sp³-hybridized carbons (Fsp3) is 0.750. The fourth-order valence-electron chi connectivity index (χ4n) is 2.13. The molecule has 0 saturated carbocycles. The summed E-state index contributed by atoms with van der Waals surface area (Å²) in [5.74, 6) is -2.02. The second-order valence-corrected chi connectivity index (χ2v) is 4.84. The van der Waals surface area contributed by atoms with Crippen LogP contribution in [0.4, 0.5) is 4.79 Å². The molecular weight excluding hydrogens is 264 g/mol. The van der Waals surface area contributed by atoms with Gasteiger partial charge in [0.15, 0.2) is 0 Å². The van der Waals surface area contributed by atoms with Crippen LogP contribution in [0, 0.1) is 0 Å². The Bertz CT molecular complexity index is 366. The summed E-state index contributed by atoms with van der Waals surface area (Å²) in [5.41, 5.74) is 4.96. The predicted octanol–water partition coefficient (Wildman–Crippen LogP) is -0.948. The van der Waals surface area contributed by atoms with Gasteiger partial charge in [0.2, 0.25) is 5.91 Å². The van der Waals surface area contributed by atoms with Gasteiger partial charge in [-0.1, -0.05) is 6.92 Å². The topological polar surface area (TPSA) is 116 Å². The van der Waals surface area contributed by atoms with Crippen molar-refractivity contribution in [1.82, 2.24) is 15.1 Å². The van der Waals surface area contributed by atoms with Crippen molar-refractivity contribution in [2.24, 2.45) is 5.73 Å². The number of primary amides is 1. The standard InChI is InChI=1S/C12H22N4O4/c1-2-3-15-4-6-16(7-5-15)12(20)14-9(11(18)19)8-10(13)17/h9H,2-8H2,1H3,(H2,13,17)(H,14,20)(H,18,19). The van der Waals surface area contributed by atoms with Gasteiger partial charge in [-0.25, -0.2) is 9.59 Å². The van der Waals surface area contributed by atoms with Crippen LogP contribution in [0.15, 0.2) is 0 Å². The summed E-state index contributed by atoms with van der Waals surface area (Å²) in [6.45, 7) is 5.74. The quantitative estimate of drug-likeness (QED) is 0.582. The van der Waals surface area contributed by atoms with Crippen molar-refractivity contribution in [3.05, 3.63) is 0 Å². The number of amides is 3. The molecule has 8 heteroatoms. The molecule has 8 nitrogen and oxygen atoms in total. The maximum absolute atomic E-state index is 11.9. The first-order valence-electron chi connectivity index (χ1n) is 6.73. The Morgan fingerprint density at radius 3 is 2.30 bits per heavy atom. The first-order valence-corrected chi connectivity index (χ1v) is 6.73. The Hall–Kier alpha value is -1.83. The number of aliphatic carboxylic acids is 1. The third-order valence-corrected chi connectivity index (χ3v) is 3.20. The van der Waals surface area contributed by atoms with Crippen LogP contribution >= 0.6 is 0 Å². The van der Waals surface area contributed by atoms with Crippen LogP contribution < -0.4 is 11.1 Å². The van der Waals surface area contributed by atoms with Crippen LogP contribution in [0.2, 0.25) is 0 Å². The molecule has 0 aromatic carbocycles. The van der Waals surface area contributed by atoms with Gasteiger partial charge in [-0.05, 0) is 13.0 Å². The molecular formula is C12H22N4O4. The lowest BCUT2D eigenvalue weighted by atomic mass is 10.2. The summed E-state index contributed by atoms with van der Waals surface area (Å²) in [5, 5.41) is 11.3. The number of rotatable bonds is 6. The van der Waals surface area contributed by atoms with E-state index in [-0.39, 0.29) is 0 Å². The SMILES string of the molecule is CCCN1CCN(C(=O)NC(CC(N)=O)C(=O)O)CC1. The van der Waals surface area contributed by atoms with E-state index >= 15 is 0 Å². The summed E-state index contributed by atoms with van der Waals surface area (Å²) in [4.78, 5) is 37.5. The second kappa shape index (κ2) is 7.68. The van der Waals surface area contributed by atoms with Crippen molar-refractivity contribution >= 4 is 17.9 Å². The van der Waals surface area contributed by atoms with E-state index in [1.165, 1.54) is 0 Å². The first kappa shape index (κ1) is 16.2. The summed E-state index contributed by atoms with van der Waals surface area (Å²) >= 11 is 0. The average Bonchev–Trinajstić information content (AvgIpc) is 2.38. The number of nitrogens with one attached hydrogen (secondary N) is 1. The smallest absolute Gasteiger partial charge is 0.326 e. The number of hydrogen-bond donors (Lipinski definition) is 3. The number of carboxylic acids is 1. The van der Waals surface area contributed by atoms with Gasteiger partial charge in [0.05, 0.1) is 6.42 Å². The van der Waals surface area contributed by atoms with Gasteiger partial charge in [-0.3, -0.25) is 9.69 Å². The first-order chi connectivity index (χ1) is 9.43. The molecule has 20 heavy (non-hydrogen) atoms. The minimum atomic E-state index is -1.27. The lowest BCUT2D eigenvalue weighted by Gasteiger charge is -2.35. The maximum atomic E-state index is 11.9. The minimum Gasteiger partial charge on any atom is -0.480 e. The highest BCUT2D eigenvalue weighted by molar-refractivity contribution is 5.87. The molecule has 114 valence electrons. The van der Waals surface area contributed by atoms with Crippen molar-refractivity contribution in [2.75, 3.05) is 32.7 Å². The predicted molar refractivity (Wildman–Crippen MR) is 72.1 cm³/mol. The molecule has 1 saturated heterocycles. The van der Waals surface area contributed by atoms with Crippen LogP contribution in [0.25, 0.3) is 0 Å². The molecule has 0 radical (unpaired) electrons. The van der Waals surface area contributed by atoms with Gasteiger partial charge < -0.3 is 21.1 Å². The lowest BCUT2D eigenvalue weighted by molar-refractivity contribution is -0.141. The zero-order valence-corrected chi connectivity index (χ0v) is 11.7. The van der Waals surface area contributed by atoms with Gasteiger partial charge >= 0.3 is 12.0 Å². The Labute approximate surface area is 117 Å². The lowest BCUT2D eigenvalue weighted by Crippen LogP contribution is -2.55. The number of carboxylic acid groups (broad SMARTS) is 1.